The molecule has 4 rings (SSSR count). The van der Waals surface area contributed by atoms with Crippen molar-refractivity contribution >= 4 is 17.5 Å². The number of aromatic nitrogens is 3. The summed E-state index contributed by atoms with van der Waals surface area (Å²) < 4.78 is 5.81. The Labute approximate surface area is 149 Å². The molecule has 25 heavy (non-hydrogen) atoms. The molecule has 6 nitrogen and oxygen atoms in total. The molecule has 1 aliphatic rings. The summed E-state index contributed by atoms with van der Waals surface area (Å²) in [6, 6.07) is 10.4. The molecular formula is C18H15ClN4O2. The smallest absolute Gasteiger partial charge is 0.254 e. The lowest BCUT2D eigenvalue weighted by atomic mass is 10.1. The van der Waals surface area contributed by atoms with Crippen LogP contribution in [0, 0.1) is 0 Å². The first kappa shape index (κ1) is 15.8. The lowest BCUT2D eigenvalue weighted by molar-refractivity contribution is 0.0716. The van der Waals surface area contributed by atoms with Crippen LogP contribution in [-0.4, -0.2) is 32.5 Å². The summed E-state index contributed by atoms with van der Waals surface area (Å²) in [4.78, 5) is 18.7. The molecular weight excluding hydrogens is 340 g/mol. The normalized spacial score (nSPS) is 17.0. The minimum Gasteiger partial charge on any atom is -0.418 e. The van der Waals surface area contributed by atoms with Gasteiger partial charge in [-0.05, 0) is 43.2 Å². The number of halogens is 1. The molecule has 1 aliphatic heterocycles. The third-order valence-electron chi connectivity index (χ3n) is 4.22. The monoisotopic (exact) mass is 354 g/mol. The molecule has 2 aromatic heterocycles. The number of pyridine rings is 1. The average Bonchev–Trinajstić information content (AvgIpc) is 3.31. The molecule has 0 aliphatic carbocycles. The Kier molecular flexibility index (Phi) is 4.19. The lowest BCUT2D eigenvalue weighted by Crippen LogP contribution is -2.30. The van der Waals surface area contributed by atoms with Gasteiger partial charge in [0, 0.05) is 29.5 Å². The Hall–Kier alpha value is -2.73. The van der Waals surface area contributed by atoms with E-state index in [-0.39, 0.29) is 11.9 Å². The van der Waals surface area contributed by atoms with Crippen molar-refractivity contribution in [1.82, 2.24) is 20.1 Å². The highest BCUT2D eigenvalue weighted by Crippen LogP contribution is 2.33. The van der Waals surface area contributed by atoms with Crippen molar-refractivity contribution in [3.05, 3.63) is 65.3 Å². The van der Waals surface area contributed by atoms with E-state index in [1.54, 1.807) is 41.6 Å². The van der Waals surface area contributed by atoms with Crippen LogP contribution in [0.3, 0.4) is 0 Å². The second kappa shape index (κ2) is 6.64. The van der Waals surface area contributed by atoms with Gasteiger partial charge in [-0.25, -0.2) is 0 Å². The molecule has 126 valence electrons. The van der Waals surface area contributed by atoms with E-state index in [0.29, 0.717) is 28.9 Å². The number of likely N-dealkylation sites (tertiary alicyclic amines) is 1. The van der Waals surface area contributed by atoms with Crippen molar-refractivity contribution in [2.45, 2.75) is 18.9 Å². The summed E-state index contributed by atoms with van der Waals surface area (Å²) in [5.41, 5.74) is 1.32. The van der Waals surface area contributed by atoms with Crippen LogP contribution >= 0.6 is 11.6 Å². The maximum absolute atomic E-state index is 12.8. The molecule has 0 radical (unpaired) electrons. The van der Waals surface area contributed by atoms with Gasteiger partial charge in [0.05, 0.1) is 5.56 Å². The van der Waals surface area contributed by atoms with Crippen LogP contribution in [0.25, 0.3) is 11.5 Å². The molecule has 1 fully saturated rings. The Morgan fingerprint density at radius 2 is 2.16 bits per heavy atom. The van der Waals surface area contributed by atoms with Crippen LogP contribution in [0.2, 0.25) is 5.02 Å². The molecule has 1 aromatic carbocycles. The van der Waals surface area contributed by atoms with E-state index in [4.69, 9.17) is 16.0 Å². The summed E-state index contributed by atoms with van der Waals surface area (Å²) in [5, 5.41) is 8.79. The lowest BCUT2D eigenvalue weighted by Gasteiger charge is -2.22. The first-order valence-electron chi connectivity index (χ1n) is 8.03. The number of hydrogen-bond donors (Lipinski definition) is 0. The van der Waals surface area contributed by atoms with E-state index in [2.05, 4.69) is 15.2 Å². The molecule has 0 spiro atoms. The fraction of sp³-hybridized carbons (Fsp3) is 0.222. The number of rotatable bonds is 3. The molecule has 1 amide bonds. The molecule has 3 heterocycles. The molecule has 0 bridgehead atoms. The largest absolute Gasteiger partial charge is 0.418 e. The third kappa shape index (κ3) is 3.13. The van der Waals surface area contributed by atoms with Crippen molar-refractivity contribution in [3.8, 4) is 11.5 Å². The Bertz CT molecular complexity index is 897. The van der Waals surface area contributed by atoms with E-state index < -0.39 is 0 Å². The van der Waals surface area contributed by atoms with Gasteiger partial charge >= 0.3 is 0 Å². The quantitative estimate of drug-likeness (QED) is 0.716. The number of hydrogen-bond acceptors (Lipinski definition) is 5. The van der Waals surface area contributed by atoms with Crippen molar-refractivity contribution in [3.63, 3.8) is 0 Å². The maximum Gasteiger partial charge on any atom is 0.254 e. The van der Waals surface area contributed by atoms with Gasteiger partial charge in [-0.2, -0.15) is 0 Å². The van der Waals surface area contributed by atoms with Gasteiger partial charge in [0.2, 0.25) is 11.8 Å². The fourth-order valence-corrected chi connectivity index (χ4v) is 3.22. The van der Waals surface area contributed by atoms with Gasteiger partial charge in [0.15, 0.2) is 0 Å². The number of carbonyl (C=O) groups is 1. The predicted molar refractivity (Wildman–Crippen MR) is 92.0 cm³/mol. The van der Waals surface area contributed by atoms with Gasteiger partial charge in [0.25, 0.3) is 5.91 Å². The van der Waals surface area contributed by atoms with Crippen LogP contribution in [0.1, 0.15) is 35.1 Å². The van der Waals surface area contributed by atoms with Crippen molar-refractivity contribution in [1.29, 1.82) is 0 Å². The topological polar surface area (TPSA) is 72.1 Å². The van der Waals surface area contributed by atoms with Gasteiger partial charge < -0.3 is 9.32 Å². The summed E-state index contributed by atoms with van der Waals surface area (Å²) in [5.74, 6) is 0.781. The molecule has 1 unspecified atom stereocenters. The highest BCUT2D eigenvalue weighted by Gasteiger charge is 2.34. The molecule has 3 aromatic rings. The zero-order valence-corrected chi connectivity index (χ0v) is 14.1. The van der Waals surface area contributed by atoms with Gasteiger partial charge in [-0.1, -0.05) is 17.7 Å². The van der Waals surface area contributed by atoms with Gasteiger partial charge in [-0.15, -0.1) is 10.2 Å². The molecule has 0 N–H and O–H groups in total. The number of carbonyl (C=O) groups excluding carboxylic acids is 1. The highest BCUT2D eigenvalue weighted by atomic mass is 35.5. The van der Waals surface area contributed by atoms with Crippen molar-refractivity contribution in [2.24, 2.45) is 0 Å². The Balaban J connectivity index is 1.60. The Morgan fingerprint density at radius 1 is 1.24 bits per heavy atom. The zero-order valence-electron chi connectivity index (χ0n) is 13.3. The number of nitrogens with zero attached hydrogens (tertiary/aromatic N) is 4. The molecule has 7 heteroatoms. The Morgan fingerprint density at radius 3 is 2.96 bits per heavy atom. The summed E-state index contributed by atoms with van der Waals surface area (Å²) in [7, 11) is 0. The maximum atomic E-state index is 12.8. The average molecular weight is 355 g/mol. The third-order valence-corrected chi connectivity index (χ3v) is 4.45. The van der Waals surface area contributed by atoms with Gasteiger partial charge in [-0.3, -0.25) is 9.78 Å². The first-order chi connectivity index (χ1) is 12.2. The van der Waals surface area contributed by atoms with Crippen LogP contribution in [-0.2, 0) is 0 Å². The summed E-state index contributed by atoms with van der Waals surface area (Å²) >= 11 is 6.00. The minimum absolute atomic E-state index is 0.0777. The summed E-state index contributed by atoms with van der Waals surface area (Å²) in [6.45, 7) is 0.653. The minimum atomic E-state index is -0.218. The fourth-order valence-electron chi connectivity index (χ4n) is 3.03. The second-order valence-electron chi connectivity index (χ2n) is 5.85. The van der Waals surface area contributed by atoms with E-state index >= 15 is 0 Å². The van der Waals surface area contributed by atoms with Crippen molar-refractivity contribution in [2.75, 3.05) is 6.54 Å². The van der Waals surface area contributed by atoms with Crippen LogP contribution in [0.4, 0.5) is 0 Å². The first-order valence-corrected chi connectivity index (χ1v) is 8.40. The van der Waals surface area contributed by atoms with Crippen molar-refractivity contribution < 1.29 is 9.21 Å². The van der Waals surface area contributed by atoms with E-state index in [9.17, 15) is 4.79 Å². The predicted octanol–water partition coefficient (Wildman–Crippen LogP) is 3.76. The van der Waals surface area contributed by atoms with E-state index in [1.165, 1.54) is 0 Å². The number of benzene rings is 1. The van der Waals surface area contributed by atoms with Crippen LogP contribution < -0.4 is 0 Å². The second-order valence-corrected chi connectivity index (χ2v) is 6.29. The van der Waals surface area contributed by atoms with Crippen LogP contribution in [0.15, 0.2) is 53.2 Å². The van der Waals surface area contributed by atoms with E-state index in [1.807, 2.05) is 12.1 Å². The zero-order chi connectivity index (χ0) is 17.2. The molecule has 1 atom stereocenters. The highest BCUT2D eigenvalue weighted by molar-refractivity contribution is 6.30. The molecule has 0 saturated carbocycles. The number of amides is 1. The standard InChI is InChI=1S/C18H15ClN4O2/c19-14-6-1-4-12(10-14)18(24)23-9-3-7-15(23)17-22-21-16(25-17)13-5-2-8-20-11-13/h1-2,4-6,8,10-11,15H,3,7,9H2. The van der Waals surface area contributed by atoms with Gasteiger partial charge in [0.1, 0.15) is 6.04 Å². The summed E-state index contributed by atoms with van der Waals surface area (Å²) in [6.07, 6.45) is 5.03. The molecule has 1 saturated heterocycles. The van der Waals surface area contributed by atoms with Crippen LogP contribution in [0.5, 0.6) is 0 Å². The SMILES string of the molecule is O=C(c1cccc(Cl)c1)N1CCCC1c1nnc(-c2cccnc2)o1. The van der Waals surface area contributed by atoms with E-state index in [0.717, 1.165) is 18.4 Å².